The Labute approximate surface area is 118 Å². The van der Waals surface area contributed by atoms with E-state index in [0.29, 0.717) is 17.9 Å². The van der Waals surface area contributed by atoms with E-state index in [1.165, 1.54) is 0 Å². The normalized spacial score (nSPS) is 13.6. The van der Waals surface area contributed by atoms with E-state index >= 15 is 0 Å². The van der Waals surface area contributed by atoms with E-state index in [1.807, 2.05) is 6.07 Å². The molecule has 1 saturated carbocycles. The summed E-state index contributed by atoms with van der Waals surface area (Å²) in [4.78, 5) is 23.3. The van der Waals surface area contributed by atoms with Gasteiger partial charge in [-0.15, -0.1) is 6.58 Å². The Morgan fingerprint density at radius 3 is 2.60 bits per heavy atom. The number of carbonyl (C=O) groups excluding carboxylic acids is 2. The van der Waals surface area contributed by atoms with Crippen molar-refractivity contribution in [3.05, 3.63) is 36.9 Å². The molecule has 20 heavy (non-hydrogen) atoms. The summed E-state index contributed by atoms with van der Waals surface area (Å²) < 4.78 is 0. The maximum Gasteiger partial charge on any atom is 0.238 e. The van der Waals surface area contributed by atoms with Crippen molar-refractivity contribution in [3.8, 4) is 0 Å². The molecule has 5 nitrogen and oxygen atoms in total. The van der Waals surface area contributed by atoms with Gasteiger partial charge >= 0.3 is 0 Å². The van der Waals surface area contributed by atoms with E-state index in [0.717, 1.165) is 12.8 Å². The maximum atomic E-state index is 11.7. The number of anilines is 2. The molecule has 1 aromatic rings. The van der Waals surface area contributed by atoms with Crippen LogP contribution in [0.25, 0.3) is 0 Å². The number of carbonyl (C=O) groups is 2. The number of nitrogens with one attached hydrogen (secondary N) is 3. The van der Waals surface area contributed by atoms with Crippen molar-refractivity contribution in [2.24, 2.45) is 5.92 Å². The largest absolute Gasteiger partial charge is 0.326 e. The summed E-state index contributed by atoms with van der Waals surface area (Å²) in [6, 6.07) is 7.16. The lowest BCUT2D eigenvalue weighted by Crippen LogP contribution is -2.28. The van der Waals surface area contributed by atoms with Gasteiger partial charge in [0.15, 0.2) is 0 Å². The maximum absolute atomic E-state index is 11.7. The Hall–Kier alpha value is -2.14. The van der Waals surface area contributed by atoms with E-state index in [1.54, 1.807) is 24.3 Å². The topological polar surface area (TPSA) is 70.2 Å². The van der Waals surface area contributed by atoms with Crippen LogP contribution in [0.1, 0.15) is 12.8 Å². The van der Waals surface area contributed by atoms with Crippen molar-refractivity contribution >= 4 is 23.2 Å². The number of amides is 2. The standard InChI is InChI=1S/C15H19N3O2/c1-2-8-16-10-14(19)17-12-4-3-5-13(9-12)18-15(20)11-6-7-11/h2-5,9,11,16H,1,6-8,10H2,(H,17,19)(H,18,20). The molecule has 1 aromatic carbocycles. The smallest absolute Gasteiger partial charge is 0.238 e. The van der Waals surface area contributed by atoms with Crippen molar-refractivity contribution in [3.63, 3.8) is 0 Å². The third-order valence-electron chi connectivity index (χ3n) is 2.94. The summed E-state index contributed by atoms with van der Waals surface area (Å²) in [6.45, 7) is 4.38. The van der Waals surface area contributed by atoms with E-state index in [2.05, 4.69) is 22.5 Å². The molecule has 0 spiro atoms. The van der Waals surface area contributed by atoms with Crippen molar-refractivity contribution in [2.75, 3.05) is 23.7 Å². The molecule has 0 bridgehead atoms. The SMILES string of the molecule is C=CCNCC(=O)Nc1cccc(NC(=O)C2CC2)c1. The van der Waals surface area contributed by atoms with Crippen LogP contribution >= 0.6 is 0 Å². The quantitative estimate of drug-likeness (QED) is 0.523. The van der Waals surface area contributed by atoms with Gasteiger partial charge in [-0.2, -0.15) is 0 Å². The summed E-state index contributed by atoms with van der Waals surface area (Å²) in [5.41, 5.74) is 1.38. The molecule has 2 rings (SSSR count). The fraction of sp³-hybridized carbons (Fsp3) is 0.333. The van der Waals surface area contributed by atoms with Crippen LogP contribution in [0, 0.1) is 5.92 Å². The van der Waals surface area contributed by atoms with Crippen LogP contribution in [0.4, 0.5) is 11.4 Å². The molecule has 0 unspecified atom stereocenters. The molecule has 5 heteroatoms. The van der Waals surface area contributed by atoms with Gasteiger partial charge in [0.25, 0.3) is 0 Å². The molecular formula is C15H19N3O2. The van der Waals surface area contributed by atoms with Gasteiger partial charge in [0.2, 0.25) is 11.8 Å². The van der Waals surface area contributed by atoms with Gasteiger partial charge in [-0.3, -0.25) is 9.59 Å². The highest BCUT2D eigenvalue weighted by Gasteiger charge is 2.29. The minimum absolute atomic E-state index is 0.0566. The van der Waals surface area contributed by atoms with Crippen LogP contribution in [-0.2, 0) is 9.59 Å². The first-order chi connectivity index (χ1) is 9.69. The average molecular weight is 273 g/mol. The second-order valence-corrected chi connectivity index (χ2v) is 4.81. The summed E-state index contributed by atoms with van der Waals surface area (Å²) in [5.74, 6) is 0.0926. The van der Waals surface area contributed by atoms with Crippen LogP contribution in [0.5, 0.6) is 0 Å². The van der Waals surface area contributed by atoms with Gasteiger partial charge in [-0.05, 0) is 31.0 Å². The lowest BCUT2D eigenvalue weighted by atomic mass is 10.2. The molecule has 3 N–H and O–H groups in total. The Balaban J connectivity index is 1.86. The molecule has 0 radical (unpaired) electrons. The molecule has 0 atom stereocenters. The summed E-state index contributed by atoms with van der Waals surface area (Å²) in [7, 11) is 0. The predicted molar refractivity (Wildman–Crippen MR) is 79.5 cm³/mol. The molecule has 106 valence electrons. The van der Waals surface area contributed by atoms with E-state index in [9.17, 15) is 9.59 Å². The fourth-order valence-corrected chi connectivity index (χ4v) is 1.76. The van der Waals surface area contributed by atoms with Crippen LogP contribution in [0.3, 0.4) is 0 Å². The summed E-state index contributed by atoms with van der Waals surface area (Å²) in [5, 5.41) is 8.55. The van der Waals surface area contributed by atoms with Gasteiger partial charge in [0, 0.05) is 23.8 Å². The van der Waals surface area contributed by atoms with Crippen molar-refractivity contribution in [1.29, 1.82) is 0 Å². The Morgan fingerprint density at radius 2 is 1.95 bits per heavy atom. The zero-order valence-electron chi connectivity index (χ0n) is 11.3. The monoisotopic (exact) mass is 273 g/mol. The van der Waals surface area contributed by atoms with Crippen LogP contribution in [-0.4, -0.2) is 24.9 Å². The van der Waals surface area contributed by atoms with Crippen molar-refractivity contribution in [1.82, 2.24) is 5.32 Å². The third-order valence-corrected chi connectivity index (χ3v) is 2.94. The Bertz CT molecular complexity index is 510. The van der Waals surface area contributed by atoms with Gasteiger partial charge in [-0.25, -0.2) is 0 Å². The number of hydrogen-bond acceptors (Lipinski definition) is 3. The van der Waals surface area contributed by atoms with Crippen molar-refractivity contribution < 1.29 is 9.59 Å². The fourth-order valence-electron chi connectivity index (χ4n) is 1.76. The molecule has 1 fully saturated rings. The molecule has 0 saturated heterocycles. The molecule has 0 aliphatic heterocycles. The first-order valence-corrected chi connectivity index (χ1v) is 6.71. The van der Waals surface area contributed by atoms with Gasteiger partial charge < -0.3 is 16.0 Å². The van der Waals surface area contributed by atoms with Gasteiger partial charge in [-0.1, -0.05) is 12.1 Å². The average Bonchev–Trinajstić information content (AvgIpc) is 3.23. The zero-order chi connectivity index (χ0) is 14.4. The second-order valence-electron chi connectivity index (χ2n) is 4.81. The van der Waals surface area contributed by atoms with E-state index in [4.69, 9.17) is 0 Å². The Morgan fingerprint density at radius 1 is 1.25 bits per heavy atom. The number of rotatable bonds is 7. The lowest BCUT2D eigenvalue weighted by Gasteiger charge is -2.08. The first kappa shape index (κ1) is 14.3. The predicted octanol–water partition coefficient (Wildman–Crippen LogP) is 1.75. The zero-order valence-corrected chi connectivity index (χ0v) is 11.3. The minimum Gasteiger partial charge on any atom is -0.326 e. The lowest BCUT2D eigenvalue weighted by molar-refractivity contribution is -0.117. The summed E-state index contributed by atoms with van der Waals surface area (Å²) in [6.07, 6.45) is 3.63. The van der Waals surface area contributed by atoms with E-state index in [-0.39, 0.29) is 24.3 Å². The molecule has 1 aliphatic rings. The Kier molecular flexibility index (Phi) is 4.90. The van der Waals surface area contributed by atoms with Crippen LogP contribution in [0.2, 0.25) is 0 Å². The molecular weight excluding hydrogens is 254 g/mol. The van der Waals surface area contributed by atoms with Gasteiger partial charge in [0.05, 0.1) is 6.54 Å². The third kappa shape index (κ3) is 4.51. The van der Waals surface area contributed by atoms with Gasteiger partial charge in [0.1, 0.15) is 0 Å². The minimum atomic E-state index is -0.127. The highest BCUT2D eigenvalue weighted by molar-refractivity contribution is 5.96. The second kappa shape index (κ2) is 6.86. The number of hydrogen-bond donors (Lipinski definition) is 3. The van der Waals surface area contributed by atoms with E-state index < -0.39 is 0 Å². The molecule has 0 heterocycles. The molecule has 0 aromatic heterocycles. The highest BCUT2D eigenvalue weighted by Crippen LogP contribution is 2.30. The number of benzene rings is 1. The van der Waals surface area contributed by atoms with Crippen LogP contribution < -0.4 is 16.0 Å². The first-order valence-electron chi connectivity index (χ1n) is 6.71. The molecule has 2 amide bonds. The van der Waals surface area contributed by atoms with Crippen LogP contribution in [0.15, 0.2) is 36.9 Å². The molecule has 1 aliphatic carbocycles. The highest BCUT2D eigenvalue weighted by atomic mass is 16.2. The summed E-state index contributed by atoms with van der Waals surface area (Å²) >= 11 is 0. The van der Waals surface area contributed by atoms with Crippen molar-refractivity contribution in [2.45, 2.75) is 12.8 Å².